The molecular formula is C11H18N2O4. The van der Waals surface area contributed by atoms with E-state index in [2.05, 4.69) is 0 Å². The molecular weight excluding hydrogens is 224 g/mol. The molecule has 0 aliphatic carbocycles. The van der Waals surface area contributed by atoms with E-state index < -0.39 is 23.3 Å². The summed E-state index contributed by atoms with van der Waals surface area (Å²) in [7, 11) is 1.54. The number of carboxylic acid groups (broad SMARTS) is 1. The number of carboxylic acids is 1. The van der Waals surface area contributed by atoms with Gasteiger partial charge < -0.3 is 14.9 Å². The van der Waals surface area contributed by atoms with Gasteiger partial charge >= 0.3 is 17.8 Å². The molecule has 17 heavy (non-hydrogen) atoms. The Morgan fingerprint density at radius 3 is 2.18 bits per heavy atom. The van der Waals surface area contributed by atoms with Crippen molar-refractivity contribution in [2.45, 2.75) is 32.2 Å². The predicted octanol–water partition coefficient (Wildman–Crippen LogP) is -0.0696. The SMILES string of the molecule is CCC(CC)(C(=O)O)N1CCN(C)C(=O)C1=O. The van der Waals surface area contributed by atoms with Gasteiger partial charge in [-0.3, -0.25) is 9.59 Å². The first kappa shape index (κ1) is 13.5. The van der Waals surface area contributed by atoms with Crippen LogP contribution in [-0.4, -0.2) is 58.4 Å². The summed E-state index contributed by atoms with van der Waals surface area (Å²) >= 11 is 0. The van der Waals surface area contributed by atoms with Crippen LogP contribution < -0.4 is 0 Å². The third-order valence-corrected chi connectivity index (χ3v) is 3.52. The molecule has 0 aromatic rings. The van der Waals surface area contributed by atoms with Crippen molar-refractivity contribution in [3.05, 3.63) is 0 Å². The van der Waals surface area contributed by atoms with Gasteiger partial charge in [-0.1, -0.05) is 13.8 Å². The van der Waals surface area contributed by atoms with E-state index in [1.54, 1.807) is 13.8 Å². The number of hydrogen-bond acceptors (Lipinski definition) is 3. The molecule has 1 N–H and O–H groups in total. The maximum absolute atomic E-state index is 11.9. The van der Waals surface area contributed by atoms with Crippen LogP contribution in [0.25, 0.3) is 0 Å². The highest BCUT2D eigenvalue weighted by Gasteiger charge is 2.47. The number of nitrogens with zero attached hydrogens (tertiary/aromatic N) is 2. The summed E-state index contributed by atoms with van der Waals surface area (Å²) in [5.74, 6) is -2.40. The Morgan fingerprint density at radius 1 is 1.24 bits per heavy atom. The lowest BCUT2D eigenvalue weighted by atomic mass is 9.89. The van der Waals surface area contributed by atoms with Crippen LogP contribution in [0, 0.1) is 0 Å². The number of hydrogen-bond donors (Lipinski definition) is 1. The maximum Gasteiger partial charge on any atom is 0.329 e. The minimum atomic E-state index is -1.26. The topological polar surface area (TPSA) is 77.9 Å². The van der Waals surface area contributed by atoms with Crippen LogP contribution in [0.15, 0.2) is 0 Å². The molecule has 6 heteroatoms. The van der Waals surface area contributed by atoms with Crippen LogP contribution in [0.3, 0.4) is 0 Å². The fourth-order valence-corrected chi connectivity index (χ4v) is 2.19. The second kappa shape index (κ2) is 4.73. The first-order valence-electron chi connectivity index (χ1n) is 5.71. The lowest BCUT2D eigenvalue weighted by molar-refractivity contribution is -0.169. The largest absolute Gasteiger partial charge is 0.479 e. The van der Waals surface area contributed by atoms with E-state index in [4.69, 9.17) is 0 Å². The Hall–Kier alpha value is -1.59. The smallest absolute Gasteiger partial charge is 0.329 e. The third-order valence-electron chi connectivity index (χ3n) is 3.52. The number of likely N-dealkylation sites (N-methyl/N-ethyl adjacent to an activating group) is 1. The van der Waals surface area contributed by atoms with E-state index in [-0.39, 0.29) is 6.54 Å². The van der Waals surface area contributed by atoms with Crippen LogP contribution in [0.1, 0.15) is 26.7 Å². The van der Waals surface area contributed by atoms with E-state index in [0.717, 1.165) is 0 Å². The monoisotopic (exact) mass is 242 g/mol. The highest BCUT2D eigenvalue weighted by Crippen LogP contribution is 2.26. The molecule has 96 valence electrons. The van der Waals surface area contributed by atoms with Crippen molar-refractivity contribution >= 4 is 17.8 Å². The average molecular weight is 242 g/mol. The van der Waals surface area contributed by atoms with Crippen molar-refractivity contribution < 1.29 is 19.5 Å². The summed E-state index contributed by atoms with van der Waals surface area (Å²) in [5, 5.41) is 9.33. The van der Waals surface area contributed by atoms with Gasteiger partial charge in [0, 0.05) is 20.1 Å². The normalized spacial score (nSPS) is 17.6. The van der Waals surface area contributed by atoms with Gasteiger partial charge in [0.2, 0.25) is 0 Å². The van der Waals surface area contributed by atoms with Gasteiger partial charge in [-0.15, -0.1) is 0 Å². The zero-order valence-electron chi connectivity index (χ0n) is 10.4. The number of rotatable bonds is 4. The predicted molar refractivity (Wildman–Crippen MR) is 60.3 cm³/mol. The molecule has 0 bridgehead atoms. The summed E-state index contributed by atoms with van der Waals surface area (Å²) < 4.78 is 0. The van der Waals surface area contributed by atoms with Gasteiger partial charge in [-0.05, 0) is 12.8 Å². The minimum absolute atomic E-state index is 0.273. The quantitative estimate of drug-likeness (QED) is 0.700. The van der Waals surface area contributed by atoms with Gasteiger partial charge in [0.1, 0.15) is 5.54 Å². The second-order valence-corrected chi connectivity index (χ2v) is 4.23. The molecule has 0 saturated carbocycles. The van der Waals surface area contributed by atoms with Crippen LogP contribution in [0.2, 0.25) is 0 Å². The molecule has 1 rings (SSSR count). The van der Waals surface area contributed by atoms with E-state index in [1.807, 2.05) is 0 Å². The Balaban J connectivity index is 3.09. The molecule has 1 aliphatic rings. The molecule has 6 nitrogen and oxygen atoms in total. The number of carbonyl (C=O) groups is 3. The van der Waals surface area contributed by atoms with E-state index in [1.165, 1.54) is 16.8 Å². The molecule has 0 spiro atoms. The van der Waals surface area contributed by atoms with E-state index >= 15 is 0 Å². The van der Waals surface area contributed by atoms with Crippen LogP contribution in [-0.2, 0) is 14.4 Å². The first-order chi connectivity index (χ1) is 7.90. The molecule has 1 aliphatic heterocycles. The number of carbonyl (C=O) groups excluding carboxylic acids is 2. The molecule has 1 heterocycles. The Kier molecular flexibility index (Phi) is 3.75. The first-order valence-corrected chi connectivity index (χ1v) is 5.71. The third kappa shape index (κ3) is 1.99. The number of piperazine rings is 1. The van der Waals surface area contributed by atoms with E-state index in [0.29, 0.717) is 19.4 Å². The van der Waals surface area contributed by atoms with Crippen molar-refractivity contribution in [1.29, 1.82) is 0 Å². The van der Waals surface area contributed by atoms with Crippen LogP contribution >= 0.6 is 0 Å². The summed E-state index contributed by atoms with van der Waals surface area (Å²) in [6, 6.07) is 0. The molecule has 0 radical (unpaired) electrons. The van der Waals surface area contributed by atoms with Crippen LogP contribution in [0.5, 0.6) is 0 Å². The number of amides is 2. The summed E-state index contributed by atoms with van der Waals surface area (Å²) in [6.45, 7) is 4.08. The van der Waals surface area contributed by atoms with Crippen molar-refractivity contribution in [1.82, 2.24) is 9.80 Å². The molecule has 1 fully saturated rings. The second-order valence-electron chi connectivity index (χ2n) is 4.23. The summed E-state index contributed by atoms with van der Waals surface area (Å²) in [4.78, 5) is 37.4. The zero-order valence-corrected chi connectivity index (χ0v) is 10.4. The lowest BCUT2D eigenvalue weighted by Crippen LogP contribution is -2.64. The van der Waals surface area contributed by atoms with Crippen molar-refractivity contribution in [3.8, 4) is 0 Å². The van der Waals surface area contributed by atoms with Crippen molar-refractivity contribution in [2.24, 2.45) is 0 Å². The highest BCUT2D eigenvalue weighted by molar-refractivity contribution is 6.35. The van der Waals surface area contributed by atoms with Gasteiger partial charge in [0.25, 0.3) is 0 Å². The van der Waals surface area contributed by atoms with Gasteiger partial charge in [0.05, 0.1) is 0 Å². The molecule has 1 saturated heterocycles. The minimum Gasteiger partial charge on any atom is -0.479 e. The zero-order chi connectivity index (χ0) is 13.2. The lowest BCUT2D eigenvalue weighted by Gasteiger charge is -2.42. The highest BCUT2D eigenvalue weighted by atomic mass is 16.4. The Bertz CT molecular complexity index is 349. The molecule has 0 atom stereocenters. The standard InChI is InChI=1S/C11H18N2O4/c1-4-11(5-2,10(16)17)13-7-6-12(3)8(14)9(13)15/h4-7H2,1-3H3,(H,16,17). The van der Waals surface area contributed by atoms with Crippen molar-refractivity contribution in [2.75, 3.05) is 20.1 Å². The number of aliphatic carboxylic acids is 1. The van der Waals surface area contributed by atoms with Crippen LogP contribution in [0.4, 0.5) is 0 Å². The molecule has 0 aromatic heterocycles. The van der Waals surface area contributed by atoms with Gasteiger partial charge in [-0.2, -0.15) is 0 Å². The fourth-order valence-electron chi connectivity index (χ4n) is 2.19. The van der Waals surface area contributed by atoms with E-state index in [9.17, 15) is 19.5 Å². The molecule has 0 aromatic carbocycles. The van der Waals surface area contributed by atoms with Crippen molar-refractivity contribution in [3.63, 3.8) is 0 Å². The summed E-state index contributed by atoms with van der Waals surface area (Å²) in [5.41, 5.74) is -1.26. The molecule has 0 unspecified atom stereocenters. The molecule has 2 amide bonds. The maximum atomic E-state index is 11.9. The average Bonchev–Trinajstić information content (AvgIpc) is 2.30. The Morgan fingerprint density at radius 2 is 1.76 bits per heavy atom. The Labute approximate surface area is 100 Å². The van der Waals surface area contributed by atoms with Gasteiger partial charge in [0.15, 0.2) is 0 Å². The van der Waals surface area contributed by atoms with Gasteiger partial charge in [-0.25, -0.2) is 4.79 Å². The summed E-state index contributed by atoms with van der Waals surface area (Å²) in [6.07, 6.45) is 0.586. The fraction of sp³-hybridized carbons (Fsp3) is 0.727.